The quantitative estimate of drug-likeness (QED) is 0.635. The molecule has 1 nitrogen and oxygen atoms in total. The lowest BCUT2D eigenvalue weighted by Crippen LogP contribution is -1.88. The zero-order chi connectivity index (χ0) is 9.42. The third-order valence-electron chi connectivity index (χ3n) is 1.75. The lowest BCUT2D eigenvalue weighted by molar-refractivity contribution is 0.515. The third-order valence-corrected chi connectivity index (χ3v) is 2.08. The fourth-order valence-electron chi connectivity index (χ4n) is 1.13. The van der Waals surface area contributed by atoms with Gasteiger partial charge in [-0.15, -0.1) is 0 Å². The van der Waals surface area contributed by atoms with E-state index in [1.807, 2.05) is 0 Å². The number of fused-ring (bicyclic) bond motifs is 1. The monoisotopic (exact) mass is 199 g/mol. The molecule has 0 aliphatic carbocycles. The van der Waals surface area contributed by atoms with E-state index in [1.165, 1.54) is 18.3 Å². The molecular weight excluding hydrogens is 196 g/mol. The maximum atomic E-state index is 13.1. The van der Waals surface area contributed by atoms with Gasteiger partial charge in [0.05, 0.1) is 5.02 Å². The van der Waals surface area contributed by atoms with Crippen LogP contribution in [0.25, 0.3) is 10.9 Å². The largest absolute Gasteiger partial charge is 0.253 e. The molecule has 0 aliphatic heterocycles. The minimum Gasteiger partial charge on any atom is -0.253 e. The molecule has 0 fully saturated rings. The smallest absolute Gasteiger partial charge is 0.185 e. The number of halogens is 3. The number of benzene rings is 1. The van der Waals surface area contributed by atoms with E-state index in [0.29, 0.717) is 10.4 Å². The zero-order valence-corrected chi connectivity index (χ0v) is 7.15. The molecule has 2 rings (SSSR count). The standard InChI is InChI=1S/C9H4ClF2N/c10-6-3-4-13-9-5(6)1-2-7(11)8(9)12/h1-4H. The van der Waals surface area contributed by atoms with Crippen LogP contribution >= 0.6 is 11.6 Å². The number of nitrogens with zero attached hydrogens (tertiary/aromatic N) is 1. The highest BCUT2D eigenvalue weighted by molar-refractivity contribution is 6.35. The van der Waals surface area contributed by atoms with E-state index in [0.717, 1.165) is 6.07 Å². The van der Waals surface area contributed by atoms with Crippen molar-refractivity contribution in [3.05, 3.63) is 41.1 Å². The Kier molecular flexibility index (Phi) is 1.88. The van der Waals surface area contributed by atoms with E-state index in [9.17, 15) is 8.78 Å². The van der Waals surface area contributed by atoms with E-state index < -0.39 is 11.6 Å². The summed E-state index contributed by atoms with van der Waals surface area (Å²) in [6, 6.07) is 3.97. The predicted octanol–water partition coefficient (Wildman–Crippen LogP) is 3.17. The summed E-state index contributed by atoms with van der Waals surface area (Å²) >= 11 is 5.75. The first-order valence-electron chi connectivity index (χ1n) is 3.58. The average molecular weight is 200 g/mol. The third kappa shape index (κ3) is 1.25. The molecule has 0 radical (unpaired) electrons. The molecule has 13 heavy (non-hydrogen) atoms. The van der Waals surface area contributed by atoms with Crippen LogP contribution in [-0.2, 0) is 0 Å². The normalized spacial score (nSPS) is 10.7. The molecule has 66 valence electrons. The minimum atomic E-state index is -0.958. The van der Waals surface area contributed by atoms with Crippen molar-refractivity contribution in [3.8, 4) is 0 Å². The van der Waals surface area contributed by atoms with Gasteiger partial charge < -0.3 is 0 Å². The van der Waals surface area contributed by atoms with Crippen molar-refractivity contribution in [2.45, 2.75) is 0 Å². The number of aromatic nitrogens is 1. The molecule has 2 aromatic rings. The summed E-state index contributed by atoms with van der Waals surface area (Å²) in [4.78, 5) is 3.70. The van der Waals surface area contributed by atoms with Crippen LogP contribution in [0.4, 0.5) is 8.78 Å². The van der Waals surface area contributed by atoms with Crippen LogP contribution in [0.15, 0.2) is 24.4 Å². The molecule has 0 bridgehead atoms. The Morgan fingerprint density at radius 3 is 2.69 bits per heavy atom. The Labute approximate surface area is 78.0 Å². The number of hydrogen-bond acceptors (Lipinski definition) is 1. The van der Waals surface area contributed by atoms with Crippen LogP contribution in [0, 0.1) is 11.6 Å². The van der Waals surface area contributed by atoms with Crippen LogP contribution < -0.4 is 0 Å². The van der Waals surface area contributed by atoms with E-state index in [-0.39, 0.29) is 5.52 Å². The second-order valence-electron chi connectivity index (χ2n) is 2.55. The van der Waals surface area contributed by atoms with Crippen LogP contribution in [0.3, 0.4) is 0 Å². The summed E-state index contributed by atoms with van der Waals surface area (Å²) in [7, 11) is 0. The Morgan fingerprint density at radius 2 is 1.92 bits per heavy atom. The van der Waals surface area contributed by atoms with Crippen LogP contribution in [0.5, 0.6) is 0 Å². The first-order chi connectivity index (χ1) is 6.20. The maximum Gasteiger partial charge on any atom is 0.185 e. The van der Waals surface area contributed by atoms with Crippen molar-refractivity contribution in [3.63, 3.8) is 0 Å². The molecule has 0 aliphatic rings. The molecule has 1 heterocycles. The van der Waals surface area contributed by atoms with E-state index in [4.69, 9.17) is 11.6 Å². The summed E-state index contributed by atoms with van der Waals surface area (Å²) in [5.74, 6) is -1.87. The highest BCUT2D eigenvalue weighted by Gasteiger charge is 2.09. The fourth-order valence-corrected chi connectivity index (χ4v) is 1.33. The zero-order valence-electron chi connectivity index (χ0n) is 6.39. The van der Waals surface area contributed by atoms with Gasteiger partial charge in [0.15, 0.2) is 11.6 Å². The van der Waals surface area contributed by atoms with Gasteiger partial charge in [-0.05, 0) is 18.2 Å². The lowest BCUT2D eigenvalue weighted by atomic mass is 10.2. The molecule has 0 amide bonds. The topological polar surface area (TPSA) is 12.9 Å². The lowest BCUT2D eigenvalue weighted by Gasteiger charge is -2.00. The number of rotatable bonds is 0. The highest BCUT2D eigenvalue weighted by atomic mass is 35.5. The first-order valence-corrected chi connectivity index (χ1v) is 3.96. The van der Waals surface area contributed by atoms with Gasteiger partial charge >= 0.3 is 0 Å². The predicted molar refractivity (Wildman–Crippen MR) is 46.7 cm³/mol. The van der Waals surface area contributed by atoms with Gasteiger partial charge in [-0.3, -0.25) is 4.98 Å². The fraction of sp³-hybridized carbons (Fsp3) is 0. The molecule has 4 heteroatoms. The summed E-state index contributed by atoms with van der Waals surface area (Å²) < 4.78 is 25.8. The second kappa shape index (κ2) is 2.92. The number of hydrogen-bond donors (Lipinski definition) is 0. The molecule has 1 aromatic heterocycles. The summed E-state index contributed by atoms with van der Waals surface area (Å²) in [6.07, 6.45) is 1.34. The summed E-state index contributed by atoms with van der Waals surface area (Å²) in [6.45, 7) is 0. The van der Waals surface area contributed by atoms with Gasteiger partial charge in [0.25, 0.3) is 0 Å². The van der Waals surface area contributed by atoms with Crippen molar-refractivity contribution >= 4 is 22.5 Å². The number of pyridine rings is 1. The van der Waals surface area contributed by atoms with Crippen molar-refractivity contribution in [2.75, 3.05) is 0 Å². The van der Waals surface area contributed by atoms with Gasteiger partial charge in [-0.2, -0.15) is 0 Å². The van der Waals surface area contributed by atoms with Crippen molar-refractivity contribution in [1.82, 2.24) is 4.98 Å². The van der Waals surface area contributed by atoms with Crippen molar-refractivity contribution < 1.29 is 8.78 Å². The molecule has 0 saturated heterocycles. The molecule has 0 unspecified atom stereocenters. The van der Waals surface area contributed by atoms with Crippen molar-refractivity contribution in [2.24, 2.45) is 0 Å². The second-order valence-corrected chi connectivity index (χ2v) is 2.96. The SMILES string of the molecule is Fc1ccc2c(Cl)ccnc2c1F. The Balaban J connectivity index is 2.94. The Morgan fingerprint density at radius 1 is 1.15 bits per heavy atom. The average Bonchev–Trinajstić information content (AvgIpc) is 2.12. The van der Waals surface area contributed by atoms with Crippen LogP contribution in [0.2, 0.25) is 5.02 Å². The van der Waals surface area contributed by atoms with Gasteiger partial charge in [0, 0.05) is 11.6 Å². The minimum absolute atomic E-state index is 0.0347. The molecule has 0 spiro atoms. The summed E-state index contributed by atoms with van der Waals surface area (Å²) in [5, 5.41) is 0.784. The van der Waals surface area contributed by atoms with Gasteiger partial charge in [0.2, 0.25) is 0 Å². The van der Waals surface area contributed by atoms with Gasteiger partial charge in [0.1, 0.15) is 5.52 Å². The first kappa shape index (κ1) is 8.38. The van der Waals surface area contributed by atoms with E-state index in [1.54, 1.807) is 0 Å². The molecular formula is C9H4ClF2N. The Bertz CT molecular complexity index is 470. The van der Waals surface area contributed by atoms with Crippen molar-refractivity contribution in [1.29, 1.82) is 0 Å². The van der Waals surface area contributed by atoms with Crippen LogP contribution in [-0.4, -0.2) is 4.98 Å². The highest BCUT2D eigenvalue weighted by Crippen LogP contribution is 2.24. The molecule has 0 atom stereocenters. The molecule has 0 saturated carbocycles. The van der Waals surface area contributed by atoms with E-state index >= 15 is 0 Å². The Hall–Kier alpha value is -1.22. The summed E-state index contributed by atoms with van der Waals surface area (Å²) in [5.41, 5.74) is -0.0347. The van der Waals surface area contributed by atoms with Gasteiger partial charge in [-0.1, -0.05) is 11.6 Å². The van der Waals surface area contributed by atoms with E-state index in [2.05, 4.69) is 4.98 Å². The molecule has 0 N–H and O–H groups in total. The maximum absolute atomic E-state index is 13.1. The molecule has 1 aromatic carbocycles. The van der Waals surface area contributed by atoms with Crippen LogP contribution in [0.1, 0.15) is 0 Å². The van der Waals surface area contributed by atoms with Gasteiger partial charge in [-0.25, -0.2) is 8.78 Å².